The molecule has 0 radical (unpaired) electrons. The van der Waals surface area contributed by atoms with E-state index in [0.29, 0.717) is 14.3 Å². The largest absolute Gasteiger partial charge is 0.398 e. The van der Waals surface area contributed by atoms with Gasteiger partial charge in [0.15, 0.2) is 0 Å². The number of halogens is 3. The Hall–Kier alpha value is -0.730. The molecule has 1 rings (SSSR count). The van der Waals surface area contributed by atoms with Crippen LogP contribution in [0.2, 0.25) is 0 Å². The Morgan fingerprint density at radius 2 is 2.00 bits per heavy atom. The predicted octanol–water partition coefficient (Wildman–Crippen LogP) is 2.23. The lowest BCUT2D eigenvalue weighted by Crippen LogP contribution is -2.31. The molecule has 0 aliphatic carbocycles. The number of aryl methyl sites for hydroxylation is 1. The molecule has 2 N–H and O–H groups in total. The van der Waals surface area contributed by atoms with Crippen LogP contribution in [0.25, 0.3) is 0 Å². The molecule has 0 spiro atoms. The van der Waals surface area contributed by atoms with Gasteiger partial charge in [-0.15, -0.1) is 0 Å². The van der Waals surface area contributed by atoms with Gasteiger partial charge in [0.25, 0.3) is 6.43 Å². The van der Waals surface area contributed by atoms with Crippen molar-refractivity contribution in [2.45, 2.75) is 18.2 Å². The zero-order chi connectivity index (χ0) is 14.1. The average Bonchev–Trinajstić information content (AvgIpc) is 2.22. The summed E-state index contributed by atoms with van der Waals surface area (Å²) in [5.41, 5.74) is 6.29. The highest BCUT2D eigenvalue weighted by Gasteiger charge is 2.25. The van der Waals surface area contributed by atoms with Crippen LogP contribution < -0.4 is 5.73 Å². The summed E-state index contributed by atoms with van der Waals surface area (Å²) in [6, 6.07) is 2.80. The average molecular weight is 343 g/mol. The van der Waals surface area contributed by atoms with Gasteiger partial charge in [0.05, 0.1) is 11.4 Å². The quantitative estimate of drug-likeness (QED) is 0.853. The second-order valence-electron chi connectivity index (χ2n) is 3.82. The number of nitrogens with two attached hydrogens (primary N) is 1. The molecular weight excluding hydrogens is 330 g/mol. The maximum Gasteiger partial charge on any atom is 0.252 e. The van der Waals surface area contributed by atoms with E-state index in [1.165, 1.54) is 6.07 Å². The lowest BCUT2D eigenvalue weighted by molar-refractivity contribution is 0.126. The molecule has 0 atom stereocenters. The highest BCUT2D eigenvalue weighted by molar-refractivity contribution is 9.10. The second-order valence-corrected chi connectivity index (χ2v) is 6.68. The maximum absolute atomic E-state index is 12.2. The molecule has 0 bridgehead atoms. The van der Waals surface area contributed by atoms with Crippen molar-refractivity contribution in [2.75, 3.05) is 19.3 Å². The minimum Gasteiger partial charge on any atom is -0.398 e. The summed E-state index contributed by atoms with van der Waals surface area (Å²) in [6.45, 7) is 0.727. The molecule has 0 amide bonds. The van der Waals surface area contributed by atoms with Gasteiger partial charge in [0.1, 0.15) is 0 Å². The standard InChI is InChI=1S/C10H13BrF2N2O2S/c1-6-3-7(11)8(14)4-9(6)18(16,17)15(2)5-10(12)13/h3-4,10H,5,14H2,1-2H3. The molecule has 18 heavy (non-hydrogen) atoms. The summed E-state index contributed by atoms with van der Waals surface area (Å²) in [7, 11) is -2.84. The Kier molecular flexibility index (Phi) is 4.68. The fraction of sp³-hybridized carbons (Fsp3) is 0.400. The number of nitrogen functional groups attached to an aromatic ring is 1. The first-order valence-electron chi connectivity index (χ1n) is 4.96. The second kappa shape index (κ2) is 5.50. The van der Waals surface area contributed by atoms with Crippen LogP contribution >= 0.6 is 15.9 Å². The van der Waals surface area contributed by atoms with Crippen LogP contribution in [-0.2, 0) is 10.0 Å². The molecule has 0 aliphatic heterocycles. The lowest BCUT2D eigenvalue weighted by atomic mass is 10.2. The van der Waals surface area contributed by atoms with Gasteiger partial charge in [-0.05, 0) is 40.5 Å². The van der Waals surface area contributed by atoms with Gasteiger partial charge in [0, 0.05) is 17.2 Å². The van der Waals surface area contributed by atoms with Crippen molar-refractivity contribution in [3.05, 3.63) is 22.2 Å². The van der Waals surface area contributed by atoms with Gasteiger partial charge in [-0.2, -0.15) is 4.31 Å². The van der Waals surface area contributed by atoms with E-state index in [9.17, 15) is 17.2 Å². The molecule has 0 aliphatic rings. The zero-order valence-corrected chi connectivity index (χ0v) is 12.2. The van der Waals surface area contributed by atoms with Crippen LogP contribution in [0.3, 0.4) is 0 Å². The van der Waals surface area contributed by atoms with Crippen molar-refractivity contribution < 1.29 is 17.2 Å². The third-order valence-electron chi connectivity index (χ3n) is 2.38. The van der Waals surface area contributed by atoms with E-state index in [0.717, 1.165) is 7.05 Å². The van der Waals surface area contributed by atoms with Crippen molar-refractivity contribution in [1.82, 2.24) is 4.31 Å². The van der Waals surface area contributed by atoms with Crippen molar-refractivity contribution in [3.63, 3.8) is 0 Å². The number of sulfonamides is 1. The number of benzene rings is 1. The summed E-state index contributed by atoms with van der Waals surface area (Å²) < 4.78 is 49.8. The molecule has 1 aromatic carbocycles. The third kappa shape index (κ3) is 3.18. The molecule has 0 heterocycles. The Morgan fingerprint density at radius 3 is 2.50 bits per heavy atom. The summed E-state index contributed by atoms with van der Waals surface area (Å²) >= 11 is 3.17. The molecule has 102 valence electrons. The minimum absolute atomic E-state index is 0.0636. The Bertz CT molecular complexity index is 549. The van der Waals surface area contributed by atoms with Crippen LogP contribution in [0, 0.1) is 6.92 Å². The molecular formula is C10H13BrF2N2O2S. The maximum atomic E-state index is 12.2. The molecule has 0 aromatic heterocycles. The Morgan fingerprint density at radius 1 is 1.44 bits per heavy atom. The van der Waals surface area contributed by atoms with Gasteiger partial charge < -0.3 is 5.73 Å². The van der Waals surface area contributed by atoms with Crippen LogP contribution in [0.15, 0.2) is 21.5 Å². The fourth-order valence-electron chi connectivity index (χ4n) is 1.41. The summed E-state index contributed by atoms with van der Waals surface area (Å²) in [6.07, 6.45) is -2.72. The zero-order valence-electron chi connectivity index (χ0n) is 9.82. The summed E-state index contributed by atoms with van der Waals surface area (Å²) in [5.74, 6) is 0. The first-order valence-corrected chi connectivity index (χ1v) is 7.19. The summed E-state index contributed by atoms with van der Waals surface area (Å²) in [4.78, 5) is -0.0636. The van der Waals surface area contributed by atoms with Crippen molar-refractivity contribution in [2.24, 2.45) is 0 Å². The SMILES string of the molecule is Cc1cc(Br)c(N)cc1S(=O)(=O)N(C)CC(F)F. The van der Waals surface area contributed by atoms with Crippen molar-refractivity contribution >= 4 is 31.6 Å². The van der Waals surface area contributed by atoms with E-state index < -0.39 is 23.0 Å². The molecule has 0 saturated carbocycles. The predicted molar refractivity (Wildman–Crippen MR) is 69.1 cm³/mol. The molecule has 0 fully saturated rings. The number of alkyl halides is 2. The topological polar surface area (TPSA) is 63.4 Å². The highest BCUT2D eigenvalue weighted by atomic mass is 79.9. The van der Waals surface area contributed by atoms with Crippen LogP contribution in [-0.4, -0.2) is 32.7 Å². The van der Waals surface area contributed by atoms with E-state index in [1.807, 2.05) is 0 Å². The van der Waals surface area contributed by atoms with Crippen molar-refractivity contribution in [1.29, 1.82) is 0 Å². The first-order chi connectivity index (χ1) is 8.16. The van der Waals surface area contributed by atoms with E-state index in [2.05, 4.69) is 15.9 Å². The van der Waals surface area contributed by atoms with Crippen LogP contribution in [0.5, 0.6) is 0 Å². The fourth-order valence-corrected chi connectivity index (χ4v) is 3.25. The molecule has 8 heteroatoms. The monoisotopic (exact) mass is 342 g/mol. The van der Waals surface area contributed by atoms with E-state index >= 15 is 0 Å². The smallest absolute Gasteiger partial charge is 0.252 e. The molecule has 0 saturated heterocycles. The first kappa shape index (κ1) is 15.3. The number of nitrogens with zero attached hydrogens (tertiary/aromatic N) is 1. The summed E-state index contributed by atoms with van der Waals surface area (Å²) in [5, 5.41) is 0. The van der Waals surface area contributed by atoms with E-state index in [1.54, 1.807) is 13.0 Å². The minimum atomic E-state index is -3.95. The lowest BCUT2D eigenvalue weighted by Gasteiger charge is -2.18. The van der Waals surface area contributed by atoms with E-state index in [4.69, 9.17) is 5.73 Å². The van der Waals surface area contributed by atoms with Crippen LogP contribution in [0.4, 0.5) is 14.5 Å². The van der Waals surface area contributed by atoms with Gasteiger partial charge in [-0.3, -0.25) is 0 Å². The van der Waals surface area contributed by atoms with Gasteiger partial charge in [-0.1, -0.05) is 0 Å². The highest BCUT2D eigenvalue weighted by Crippen LogP contribution is 2.28. The number of hydrogen-bond acceptors (Lipinski definition) is 3. The normalized spacial score (nSPS) is 12.4. The number of rotatable bonds is 4. The number of anilines is 1. The number of hydrogen-bond donors (Lipinski definition) is 1. The molecule has 1 aromatic rings. The van der Waals surface area contributed by atoms with Gasteiger partial charge in [-0.25, -0.2) is 17.2 Å². The van der Waals surface area contributed by atoms with Gasteiger partial charge in [0.2, 0.25) is 10.0 Å². The Balaban J connectivity index is 3.24. The van der Waals surface area contributed by atoms with Crippen LogP contribution in [0.1, 0.15) is 5.56 Å². The van der Waals surface area contributed by atoms with E-state index in [-0.39, 0.29) is 10.6 Å². The molecule has 4 nitrogen and oxygen atoms in total. The molecule has 0 unspecified atom stereocenters. The third-order valence-corrected chi connectivity index (χ3v) is 5.03. The van der Waals surface area contributed by atoms with Gasteiger partial charge >= 0.3 is 0 Å². The van der Waals surface area contributed by atoms with Crippen molar-refractivity contribution in [3.8, 4) is 0 Å². The Labute approximate surface area is 113 Å².